The Bertz CT molecular complexity index is 2260. The summed E-state index contributed by atoms with van der Waals surface area (Å²) >= 11 is 0. The lowest BCUT2D eigenvalue weighted by Crippen LogP contribution is -2.06. The molecule has 0 saturated heterocycles. The van der Waals surface area contributed by atoms with E-state index in [1.54, 1.807) is 6.08 Å². The zero-order valence-electron chi connectivity index (χ0n) is 27.3. The standard InChI is InChI=1S/C22H21N3.C20H17N3/c1-4-17-13-15(3)11-12-18(17)21-19(5-2)25-22(23)20(24-21)14-16-9-7-6-8-10-16;1-13-7-9-16-15(11-13)8-10-17-19(16)22-18(20(21)23-17)12-14-5-3-2-4-6-14/h4-13H,1-2,14H2,3H3,(H2,23,25);2-11H,12H2,1H3,(H2,21,23). The van der Waals surface area contributed by atoms with Gasteiger partial charge < -0.3 is 11.5 Å². The Kier molecular flexibility index (Phi) is 9.35. The fraction of sp³-hybridized carbons (Fsp3) is 0.0952. The van der Waals surface area contributed by atoms with Crippen LogP contribution in [-0.2, 0) is 12.8 Å². The van der Waals surface area contributed by atoms with E-state index in [1.807, 2.05) is 54.6 Å². The maximum atomic E-state index is 6.14. The van der Waals surface area contributed by atoms with Gasteiger partial charge in [0.15, 0.2) is 0 Å². The lowest BCUT2D eigenvalue weighted by molar-refractivity contribution is 1.04. The monoisotopic (exact) mass is 626 g/mol. The molecule has 0 aliphatic heterocycles. The maximum absolute atomic E-state index is 6.14. The number of hydrogen-bond donors (Lipinski definition) is 2. The summed E-state index contributed by atoms with van der Waals surface area (Å²) in [5.74, 6) is 0.947. The zero-order valence-corrected chi connectivity index (χ0v) is 27.3. The topological polar surface area (TPSA) is 104 Å². The number of benzene rings is 5. The molecule has 0 saturated carbocycles. The lowest BCUT2D eigenvalue weighted by atomic mass is 9.99. The quantitative estimate of drug-likeness (QED) is 0.171. The Morgan fingerprint density at radius 3 is 1.85 bits per heavy atom. The third-order valence-corrected chi connectivity index (χ3v) is 8.24. The number of nitrogen functional groups attached to an aromatic ring is 2. The average Bonchev–Trinajstić information content (AvgIpc) is 3.10. The summed E-state index contributed by atoms with van der Waals surface area (Å²) in [7, 11) is 0. The molecule has 0 atom stereocenters. The van der Waals surface area contributed by atoms with Crippen molar-refractivity contribution < 1.29 is 0 Å². The molecule has 2 aromatic heterocycles. The van der Waals surface area contributed by atoms with Gasteiger partial charge in [-0.15, -0.1) is 0 Å². The molecule has 48 heavy (non-hydrogen) atoms. The number of fused-ring (bicyclic) bond motifs is 3. The fourth-order valence-corrected chi connectivity index (χ4v) is 5.76. The number of anilines is 2. The van der Waals surface area contributed by atoms with Gasteiger partial charge in [0.1, 0.15) is 11.6 Å². The molecule has 2 heterocycles. The molecule has 7 aromatic rings. The van der Waals surface area contributed by atoms with Gasteiger partial charge in [-0.3, -0.25) is 0 Å². The number of rotatable bonds is 7. The summed E-state index contributed by atoms with van der Waals surface area (Å²) in [6, 6.07) is 37.0. The second-order valence-electron chi connectivity index (χ2n) is 11.8. The minimum Gasteiger partial charge on any atom is -0.382 e. The van der Waals surface area contributed by atoms with Crippen molar-refractivity contribution in [2.24, 2.45) is 0 Å². The Hall–Kier alpha value is -6.14. The van der Waals surface area contributed by atoms with Crippen LogP contribution in [0.2, 0.25) is 0 Å². The van der Waals surface area contributed by atoms with E-state index < -0.39 is 0 Å². The van der Waals surface area contributed by atoms with Crippen molar-refractivity contribution in [1.29, 1.82) is 0 Å². The third kappa shape index (κ3) is 6.98. The van der Waals surface area contributed by atoms with E-state index in [4.69, 9.17) is 21.4 Å². The Morgan fingerprint density at radius 1 is 0.604 bits per heavy atom. The molecule has 0 amide bonds. The predicted molar refractivity (Wildman–Crippen MR) is 201 cm³/mol. The van der Waals surface area contributed by atoms with Crippen LogP contribution < -0.4 is 11.5 Å². The van der Waals surface area contributed by atoms with Gasteiger partial charge in [0, 0.05) is 23.8 Å². The van der Waals surface area contributed by atoms with Crippen molar-refractivity contribution in [2.75, 3.05) is 11.5 Å². The molecule has 0 radical (unpaired) electrons. The molecular weight excluding hydrogens is 589 g/mol. The summed E-state index contributed by atoms with van der Waals surface area (Å²) in [6.07, 6.45) is 4.86. The second kappa shape index (κ2) is 14.1. The highest BCUT2D eigenvalue weighted by molar-refractivity contribution is 6.04. The molecular formula is C42H38N6. The number of hydrogen-bond acceptors (Lipinski definition) is 6. The molecule has 0 bridgehead atoms. The Balaban J connectivity index is 0.000000168. The van der Waals surface area contributed by atoms with Crippen LogP contribution in [0.15, 0.2) is 122 Å². The van der Waals surface area contributed by atoms with E-state index in [-0.39, 0.29) is 0 Å². The van der Waals surface area contributed by atoms with Crippen LogP contribution in [0.25, 0.3) is 45.2 Å². The second-order valence-corrected chi connectivity index (χ2v) is 11.8. The predicted octanol–water partition coefficient (Wildman–Crippen LogP) is 9.18. The largest absolute Gasteiger partial charge is 0.382 e. The molecule has 6 nitrogen and oxygen atoms in total. The van der Waals surface area contributed by atoms with Crippen LogP contribution in [0, 0.1) is 13.8 Å². The first-order valence-electron chi connectivity index (χ1n) is 15.9. The third-order valence-electron chi connectivity index (χ3n) is 8.24. The van der Waals surface area contributed by atoms with Crippen molar-refractivity contribution in [2.45, 2.75) is 26.7 Å². The van der Waals surface area contributed by atoms with E-state index in [0.717, 1.165) is 50.2 Å². The molecule has 6 heteroatoms. The fourth-order valence-electron chi connectivity index (χ4n) is 5.76. The van der Waals surface area contributed by atoms with Gasteiger partial charge in [-0.25, -0.2) is 19.9 Å². The summed E-state index contributed by atoms with van der Waals surface area (Å²) in [5.41, 5.74) is 23.8. The molecule has 5 aromatic carbocycles. The van der Waals surface area contributed by atoms with Crippen LogP contribution in [-0.4, -0.2) is 19.9 Å². The molecule has 0 fully saturated rings. The Labute approximate surface area is 281 Å². The van der Waals surface area contributed by atoms with Crippen LogP contribution in [0.5, 0.6) is 0 Å². The minimum absolute atomic E-state index is 0.440. The van der Waals surface area contributed by atoms with Crippen LogP contribution in [0.1, 0.15) is 44.9 Å². The van der Waals surface area contributed by atoms with E-state index in [1.165, 1.54) is 22.1 Å². The van der Waals surface area contributed by atoms with Gasteiger partial charge in [0.2, 0.25) is 0 Å². The zero-order chi connectivity index (χ0) is 33.6. The highest BCUT2D eigenvalue weighted by Gasteiger charge is 2.15. The molecule has 0 aliphatic carbocycles. The van der Waals surface area contributed by atoms with E-state index >= 15 is 0 Å². The van der Waals surface area contributed by atoms with Gasteiger partial charge >= 0.3 is 0 Å². The van der Waals surface area contributed by atoms with Gasteiger partial charge in [0.25, 0.3) is 0 Å². The van der Waals surface area contributed by atoms with Crippen LogP contribution >= 0.6 is 0 Å². The normalized spacial score (nSPS) is 10.8. The van der Waals surface area contributed by atoms with Gasteiger partial charge in [0.05, 0.1) is 33.8 Å². The first kappa shape index (κ1) is 31.8. The smallest absolute Gasteiger partial charge is 0.146 e. The van der Waals surface area contributed by atoms with Crippen LogP contribution in [0.3, 0.4) is 0 Å². The van der Waals surface area contributed by atoms with Gasteiger partial charge in [-0.1, -0.05) is 133 Å². The van der Waals surface area contributed by atoms with Crippen molar-refractivity contribution in [1.82, 2.24) is 19.9 Å². The summed E-state index contributed by atoms with van der Waals surface area (Å²) in [5, 5.41) is 2.30. The van der Waals surface area contributed by atoms with E-state index in [2.05, 4.69) is 97.6 Å². The average molecular weight is 627 g/mol. The molecule has 0 unspecified atom stereocenters. The summed E-state index contributed by atoms with van der Waals surface area (Å²) < 4.78 is 0. The van der Waals surface area contributed by atoms with E-state index in [9.17, 15) is 0 Å². The highest BCUT2D eigenvalue weighted by Crippen LogP contribution is 2.30. The maximum Gasteiger partial charge on any atom is 0.146 e. The first-order chi connectivity index (χ1) is 23.3. The van der Waals surface area contributed by atoms with Crippen molar-refractivity contribution in [3.05, 3.63) is 167 Å². The number of aryl methyl sites for hydroxylation is 2. The van der Waals surface area contributed by atoms with Gasteiger partial charge in [-0.2, -0.15) is 0 Å². The van der Waals surface area contributed by atoms with Crippen molar-refractivity contribution >= 4 is 45.6 Å². The molecule has 0 aliphatic rings. The minimum atomic E-state index is 0.440. The highest BCUT2D eigenvalue weighted by atomic mass is 14.9. The SMILES string of the molecule is C=Cc1cc(C)ccc1-c1nc(Cc2ccccc2)c(N)nc1C=C.Cc1ccc2c(ccc3nc(N)c(Cc4ccccc4)nc32)c1. The molecule has 236 valence electrons. The Morgan fingerprint density at radius 2 is 1.21 bits per heavy atom. The lowest BCUT2D eigenvalue weighted by Gasteiger charge is -2.13. The van der Waals surface area contributed by atoms with Crippen molar-refractivity contribution in [3.8, 4) is 11.3 Å². The molecule has 7 rings (SSSR count). The first-order valence-corrected chi connectivity index (χ1v) is 15.9. The van der Waals surface area contributed by atoms with Gasteiger partial charge in [-0.05, 0) is 48.1 Å². The summed E-state index contributed by atoms with van der Waals surface area (Å²) in [6.45, 7) is 11.9. The van der Waals surface area contributed by atoms with E-state index in [0.29, 0.717) is 30.2 Å². The van der Waals surface area contributed by atoms with Crippen LogP contribution in [0.4, 0.5) is 11.6 Å². The number of aromatic nitrogens is 4. The van der Waals surface area contributed by atoms with Crippen molar-refractivity contribution in [3.63, 3.8) is 0 Å². The number of nitrogens with two attached hydrogens (primary N) is 2. The molecule has 0 spiro atoms. The number of nitrogens with zero attached hydrogens (tertiary/aromatic N) is 4. The molecule has 4 N–H and O–H groups in total. The summed E-state index contributed by atoms with van der Waals surface area (Å²) in [4.78, 5) is 18.8.